The molecule has 0 saturated carbocycles. The average Bonchev–Trinajstić information content (AvgIpc) is 3.12. The molecule has 0 aromatic carbocycles. The molecule has 3 atom stereocenters. The summed E-state index contributed by atoms with van der Waals surface area (Å²) in [5.74, 6) is 0.626. The van der Waals surface area contributed by atoms with Crippen molar-refractivity contribution < 1.29 is 4.79 Å². The van der Waals surface area contributed by atoms with Gasteiger partial charge in [-0.3, -0.25) is 10.1 Å². The standard InChI is InChI=1S/C16H27N3OS/c1-5-12(3)14-16(20)19(10-9-18(4)6-2)15(17-14)13-8-7-11-21-13/h7-8,11-12,14-15,17H,5-6,9-10H2,1-4H3. The molecule has 0 radical (unpaired) electrons. The summed E-state index contributed by atoms with van der Waals surface area (Å²) < 4.78 is 0. The van der Waals surface area contributed by atoms with Crippen LogP contribution in [-0.2, 0) is 4.79 Å². The number of likely N-dealkylation sites (N-methyl/N-ethyl adjacent to an activating group) is 1. The van der Waals surface area contributed by atoms with Crippen LogP contribution in [0.4, 0.5) is 0 Å². The van der Waals surface area contributed by atoms with Crippen LogP contribution in [0, 0.1) is 5.92 Å². The minimum absolute atomic E-state index is 0.0433. The summed E-state index contributed by atoms with van der Waals surface area (Å²) in [5.41, 5.74) is 0. The van der Waals surface area contributed by atoms with Gasteiger partial charge in [-0.2, -0.15) is 0 Å². The van der Waals surface area contributed by atoms with Gasteiger partial charge in [0.15, 0.2) is 0 Å². The summed E-state index contributed by atoms with van der Waals surface area (Å²) >= 11 is 1.72. The quantitative estimate of drug-likeness (QED) is 0.841. The van der Waals surface area contributed by atoms with E-state index in [1.165, 1.54) is 4.88 Å². The van der Waals surface area contributed by atoms with Crippen molar-refractivity contribution in [3.8, 4) is 0 Å². The second kappa shape index (κ2) is 7.38. The van der Waals surface area contributed by atoms with Crippen LogP contribution >= 0.6 is 11.3 Å². The van der Waals surface area contributed by atoms with Crippen LogP contribution in [0.25, 0.3) is 0 Å². The van der Waals surface area contributed by atoms with E-state index < -0.39 is 0 Å². The van der Waals surface area contributed by atoms with E-state index in [4.69, 9.17) is 0 Å². The molecule has 1 aliphatic rings. The van der Waals surface area contributed by atoms with Crippen molar-refractivity contribution in [1.29, 1.82) is 0 Å². The smallest absolute Gasteiger partial charge is 0.241 e. The van der Waals surface area contributed by atoms with Crippen LogP contribution in [0.15, 0.2) is 17.5 Å². The fourth-order valence-electron chi connectivity index (χ4n) is 2.64. The predicted octanol–water partition coefficient (Wildman–Crippen LogP) is 2.54. The third-order valence-electron chi connectivity index (χ3n) is 4.49. The Morgan fingerprint density at radius 1 is 1.48 bits per heavy atom. The van der Waals surface area contributed by atoms with Gasteiger partial charge in [-0.05, 0) is 31.0 Å². The predicted molar refractivity (Wildman–Crippen MR) is 88.3 cm³/mol. The van der Waals surface area contributed by atoms with Gasteiger partial charge in [0.05, 0.1) is 6.04 Å². The minimum Gasteiger partial charge on any atom is -0.319 e. The molecule has 4 nitrogen and oxygen atoms in total. The Labute approximate surface area is 132 Å². The van der Waals surface area contributed by atoms with E-state index in [0.29, 0.717) is 5.92 Å². The Balaban J connectivity index is 2.14. The van der Waals surface area contributed by atoms with Gasteiger partial charge in [-0.15, -0.1) is 11.3 Å². The van der Waals surface area contributed by atoms with Crippen molar-refractivity contribution in [2.45, 2.75) is 39.4 Å². The monoisotopic (exact) mass is 309 g/mol. The highest BCUT2D eigenvalue weighted by Gasteiger charge is 2.41. The lowest BCUT2D eigenvalue weighted by molar-refractivity contribution is -0.131. The van der Waals surface area contributed by atoms with Crippen LogP contribution in [0.5, 0.6) is 0 Å². The molecule has 0 spiro atoms. The molecule has 1 aromatic rings. The van der Waals surface area contributed by atoms with E-state index in [2.05, 4.69) is 55.5 Å². The number of thiophene rings is 1. The van der Waals surface area contributed by atoms with Gasteiger partial charge in [0.1, 0.15) is 6.17 Å². The molecule has 1 fully saturated rings. The number of carbonyl (C=O) groups is 1. The highest BCUT2D eigenvalue weighted by atomic mass is 32.1. The van der Waals surface area contributed by atoms with E-state index in [1.807, 2.05) is 4.90 Å². The van der Waals surface area contributed by atoms with Gasteiger partial charge in [-0.25, -0.2) is 0 Å². The lowest BCUT2D eigenvalue weighted by Gasteiger charge is -2.25. The van der Waals surface area contributed by atoms with E-state index >= 15 is 0 Å². The third kappa shape index (κ3) is 3.65. The Hall–Kier alpha value is -0.910. The molecule has 2 rings (SSSR count). The molecule has 5 heteroatoms. The van der Waals surface area contributed by atoms with Crippen molar-refractivity contribution in [3.05, 3.63) is 22.4 Å². The van der Waals surface area contributed by atoms with Crippen LogP contribution in [0.2, 0.25) is 0 Å². The maximum absolute atomic E-state index is 12.8. The number of amides is 1. The van der Waals surface area contributed by atoms with Crippen molar-refractivity contribution in [2.24, 2.45) is 5.92 Å². The van der Waals surface area contributed by atoms with Gasteiger partial charge in [0.25, 0.3) is 0 Å². The second-order valence-corrected chi connectivity index (χ2v) is 6.85. The van der Waals surface area contributed by atoms with Gasteiger partial charge in [0, 0.05) is 18.0 Å². The molecule has 0 bridgehead atoms. The van der Waals surface area contributed by atoms with E-state index in [9.17, 15) is 4.79 Å². The van der Waals surface area contributed by atoms with Crippen LogP contribution < -0.4 is 5.32 Å². The van der Waals surface area contributed by atoms with Crippen molar-refractivity contribution >= 4 is 17.2 Å². The first-order chi connectivity index (χ1) is 10.1. The van der Waals surface area contributed by atoms with Crippen LogP contribution in [0.1, 0.15) is 38.2 Å². The van der Waals surface area contributed by atoms with Gasteiger partial charge < -0.3 is 9.80 Å². The maximum Gasteiger partial charge on any atom is 0.241 e. The lowest BCUT2D eigenvalue weighted by atomic mass is 9.99. The number of hydrogen-bond acceptors (Lipinski definition) is 4. The summed E-state index contributed by atoms with van der Waals surface area (Å²) in [6, 6.07) is 4.12. The number of nitrogens with zero attached hydrogens (tertiary/aromatic N) is 2. The Morgan fingerprint density at radius 2 is 2.24 bits per heavy atom. The highest BCUT2D eigenvalue weighted by Crippen LogP contribution is 2.31. The molecule has 21 heavy (non-hydrogen) atoms. The topological polar surface area (TPSA) is 35.6 Å². The van der Waals surface area contributed by atoms with Crippen LogP contribution in [0.3, 0.4) is 0 Å². The van der Waals surface area contributed by atoms with E-state index in [-0.39, 0.29) is 18.1 Å². The molecule has 1 aliphatic heterocycles. The maximum atomic E-state index is 12.8. The van der Waals surface area contributed by atoms with E-state index in [0.717, 1.165) is 26.1 Å². The molecule has 2 heterocycles. The molecule has 1 N–H and O–H groups in total. The highest BCUT2D eigenvalue weighted by molar-refractivity contribution is 7.10. The van der Waals surface area contributed by atoms with E-state index in [1.54, 1.807) is 11.3 Å². The zero-order valence-corrected chi connectivity index (χ0v) is 14.3. The Kier molecular flexibility index (Phi) is 5.79. The summed E-state index contributed by atoms with van der Waals surface area (Å²) in [7, 11) is 2.10. The zero-order valence-electron chi connectivity index (χ0n) is 13.5. The summed E-state index contributed by atoms with van der Waals surface area (Å²) in [5, 5.41) is 5.63. The molecular formula is C16H27N3OS. The summed E-state index contributed by atoms with van der Waals surface area (Å²) in [6.07, 6.45) is 1.06. The molecule has 3 unspecified atom stereocenters. The zero-order chi connectivity index (χ0) is 15.4. The minimum atomic E-state index is -0.0472. The molecule has 1 aromatic heterocycles. The fourth-order valence-corrected chi connectivity index (χ4v) is 3.43. The number of rotatable bonds is 7. The third-order valence-corrected chi connectivity index (χ3v) is 5.41. The fraction of sp³-hybridized carbons (Fsp3) is 0.688. The first-order valence-electron chi connectivity index (χ1n) is 7.86. The van der Waals surface area contributed by atoms with Crippen molar-refractivity contribution in [3.63, 3.8) is 0 Å². The van der Waals surface area contributed by atoms with Crippen molar-refractivity contribution in [2.75, 3.05) is 26.7 Å². The SMILES string of the molecule is CCC(C)C1NC(c2cccs2)N(CCN(C)CC)C1=O. The average molecular weight is 309 g/mol. The number of nitrogens with one attached hydrogen (secondary N) is 1. The van der Waals surface area contributed by atoms with Crippen LogP contribution in [-0.4, -0.2) is 48.4 Å². The molecule has 118 valence electrons. The second-order valence-electron chi connectivity index (χ2n) is 5.88. The normalized spacial score (nSPS) is 24.0. The van der Waals surface area contributed by atoms with Crippen molar-refractivity contribution in [1.82, 2.24) is 15.1 Å². The Bertz CT molecular complexity index is 448. The van der Waals surface area contributed by atoms with Gasteiger partial charge in [0.2, 0.25) is 5.91 Å². The Morgan fingerprint density at radius 3 is 2.81 bits per heavy atom. The largest absolute Gasteiger partial charge is 0.319 e. The number of hydrogen-bond donors (Lipinski definition) is 1. The summed E-state index contributed by atoms with van der Waals surface area (Å²) in [6.45, 7) is 9.15. The first kappa shape index (κ1) is 16.5. The molecule has 1 amide bonds. The van der Waals surface area contributed by atoms with Gasteiger partial charge in [-0.1, -0.05) is 33.3 Å². The molecular weight excluding hydrogens is 282 g/mol. The number of carbonyl (C=O) groups excluding carboxylic acids is 1. The summed E-state index contributed by atoms with van der Waals surface area (Å²) in [4.78, 5) is 18.3. The van der Waals surface area contributed by atoms with Gasteiger partial charge >= 0.3 is 0 Å². The molecule has 1 saturated heterocycles. The first-order valence-corrected chi connectivity index (χ1v) is 8.74. The molecule has 0 aliphatic carbocycles. The lowest BCUT2D eigenvalue weighted by Crippen LogP contribution is -2.38.